The molecule has 0 rings (SSSR count). The van der Waals surface area contributed by atoms with E-state index < -0.39 is 5.41 Å². The molecular formula is C93H172O8. The maximum atomic E-state index is 13.5. The third kappa shape index (κ3) is 79.2. The van der Waals surface area contributed by atoms with Gasteiger partial charge in [-0.05, 0) is 128 Å². The van der Waals surface area contributed by atoms with Gasteiger partial charge < -0.3 is 18.9 Å². The summed E-state index contributed by atoms with van der Waals surface area (Å²) in [5.41, 5.74) is -1.22. The molecule has 0 atom stereocenters. The van der Waals surface area contributed by atoms with Crippen molar-refractivity contribution in [3.05, 3.63) is 48.6 Å². The predicted octanol–water partition coefficient (Wildman–Crippen LogP) is 30.5. The van der Waals surface area contributed by atoms with Crippen molar-refractivity contribution in [1.29, 1.82) is 0 Å². The number of allylic oxidation sites excluding steroid dienone is 8. The highest BCUT2D eigenvalue weighted by atomic mass is 16.6. The topological polar surface area (TPSA) is 105 Å². The largest absolute Gasteiger partial charge is 0.465 e. The highest BCUT2D eigenvalue weighted by Gasteiger charge is 2.38. The Hall–Kier alpha value is -3.16. The number of carbonyl (C=O) groups excluding carboxylic acids is 4. The highest BCUT2D eigenvalue weighted by molar-refractivity contribution is 5.71. The molecule has 0 radical (unpaired) electrons. The van der Waals surface area contributed by atoms with Crippen LogP contribution in [0.2, 0.25) is 0 Å². The summed E-state index contributed by atoms with van der Waals surface area (Å²) in [5, 5.41) is 0. The molecule has 0 fully saturated rings. The number of carbonyl (C=O) groups is 4. The Kier molecular flexibility index (Phi) is 81.5. The van der Waals surface area contributed by atoms with Crippen molar-refractivity contribution in [2.24, 2.45) is 5.41 Å². The van der Waals surface area contributed by atoms with Crippen LogP contribution in [0.3, 0.4) is 0 Å². The summed E-state index contributed by atoms with van der Waals surface area (Å²) >= 11 is 0. The molecule has 0 spiro atoms. The zero-order valence-corrected chi connectivity index (χ0v) is 68.1. The summed E-state index contributed by atoms with van der Waals surface area (Å²) in [6, 6.07) is 0. The summed E-state index contributed by atoms with van der Waals surface area (Å²) < 4.78 is 24.1. The van der Waals surface area contributed by atoms with Crippen LogP contribution < -0.4 is 0 Å². The van der Waals surface area contributed by atoms with Crippen LogP contribution in [0.5, 0.6) is 0 Å². The van der Waals surface area contributed by atoms with E-state index in [1.54, 1.807) is 0 Å². The summed E-state index contributed by atoms with van der Waals surface area (Å²) in [4.78, 5) is 54.1. The van der Waals surface area contributed by atoms with E-state index >= 15 is 0 Å². The van der Waals surface area contributed by atoms with Crippen LogP contribution >= 0.6 is 0 Å². The molecule has 0 amide bonds. The first-order valence-corrected chi connectivity index (χ1v) is 45.0. The first kappa shape index (κ1) is 97.8. The van der Waals surface area contributed by atoms with Gasteiger partial charge in [-0.15, -0.1) is 0 Å². The van der Waals surface area contributed by atoms with Gasteiger partial charge in [-0.2, -0.15) is 0 Å². The van der Waals surface area contributed by atoms with E-state index in [1.165, 1.54) is 360 Å². The second kappa shape index (κ2) is 84.1. The lowest BCUT2D eigenvalue weighted by Gasteiger charge is -2.31. The van der Waals surface area contributed by atoms with Gasteiger partial charge >= 0.3 is 23.9 Å². The molecule has 0 aromatic carbocycles. The number of rotatable bonds is 84. The number of ether oxygens (including phenoxy) is 4. The normalized spacial score (nSPS) is 12.0. The van der Waals surface area contributed by atoms with Gasteiger partial charge in [0.25, 0.3) is 0 Å². The molecule has 0 aliphatic heterocycles. The molecule has 8 heteroatoms. The monoisotopic (exact) mass is 1420 g/mol. The zero-order valence-electron chi connectivity index (χ0n) is 68.1. The van der Waals surface area contributed by atoms with Gasteiger partial charge in [0.2, 0.25) is 0 Å². The lowest BCUT2D eigenvalue weighted by molar-refractivity contribution is -0.170. The van der Waals surface area contributed by atoms with Gasteiger partial charge in [-0.1, -0.05) is 385 Å². The minimum Gasteiger partial charge on any atom is -0.465 e. The van der Waals surface area contributed by atoms with Crippen molar-refractivity contribution in [3.8, 4) is 0 Å². The van der Waals surface area contributed by atoms with Crippen molar-refractivity contribution in [2.75, 3.05) is 26.4 Å². The zero-order chi connectivity index (χ0) is 73.0. The van der Waals surface area contributed by atoms with E-state index in [-0.39, 0.29) is 76.0 Å². The van der Waals surface area contributed by atoms with E-state index in [9.17, 15) is 19.2 Å². The SMILES string of the molecule is CCCCCCCC/C=C/CCCCCCCCCCCC(=O)OCC(COC(=O)CCCCCCCCCCC/C=C/CCCCCCCC)(COC(=O)CCCCCCCCCCC/C=C/CCCCCCCC)COC(=O)CCCCCCCCCCC/C=C/CCCCCCCC. The third-order valence-electron chi connectivity index (χ3n) is 20.7. The van der Waals surface area contributed by atoms with Crippen LogP contribution in [-0.4, -0.2) is 50.3 Å². The molecule has 0 aliphatic carbocycles. The highest BCUT2D eigenvalue weighted by Crippen LogP contribution is 2.25. The van der Waals surface area contributed by atoms with Gasteiger partial charge in [0.05, 0.1) is 0 Å². The first-order chi connectivity index (χ1) is 49.8. The Balaban J connectivity index is 5.45. The average Bonchev–Trinajstić information content (AvgIpc) is 0.889. The molecule has 0 bridgehead atoms. The Labute approximate surface area is 629 Å². The minimum atomic E-state index is -1.22. The Bertz CT molecular complexity index is 1570. The maximum Gasteiger partial charge on any atom is 0.305 e. The fourth-order valence-electron chi connectivity index (χ4n) is 13.7. The van der Waals surface area contributed by atoms with Gasteiger partial charge in [-0.25, -0.2) is 0 Å². The third-order valence-corrected chi connectivity index (χ3v) is 20.7. The number of hydrogen-bond acceptors (Lipinski definition) is 8. The van der Waals surface area contributed by atoms with Crippen molar-refractivity contribution in [1.82, 2.24) is 0 Å². The lowest BCUT2D eigenvalue weighted by Crippen LogP contribution is -2.44. The van der Waals surface area contributed by atoms with Gasteiger partial charge in [0.15, 0.2) is 0 Å². The molecule has 0 aromatic heterocycles. The first-order valence-electron chi connectivity index (χ1n) is 45.0. The molecule has 0 heterocycles. The molecular weight excluding hydrogens is 1250 g/mol. The summed E-state index contributed by atoms with van der Waals surface area (Å²) in [6.07, 6.45) is 104. The van der Waals surface area contributed by atoms with Crippen molar-refractivity contribution < 1.29 is 38.1 Å². The summed E-state index contributed by atoms with van der Waals surface area (Å²) in [7, 11) is 0. The van der Waals surface area contributed by atoms with Crippen LogP contribution in [-0.2, 0) is 38.1 Å². The van der Waals surface area contributed by atoms with E-state index in [0.717, 1.165) is 77.0 Å². The van der Waals surface area contributed by atoms with E-state index in [4.69, 9.17) is 18.9 Å². The lowest BCUT2D eigenvalue weighted by atomic mass is 9.92. The molecule has 101 heavy (non-hydrogen) atoms. The maximum absolute atomic E-state index is 13.5. The van der Waals surface area contributed by atoms with Gasteiger partial charge in [0.1, 0.15) is 31.8 Å². The van der Waals surface area contributed by atoms with Crippen LogP contribution in [0, 0.1) is 5.41 Å². The smallest absolute Gasteiger partial charge is 0.305 e. The number of esters is 4. The molecule has 0 saturated heterocycles. The Morgan fingerprint density at radius 3 is 0.436 bits per heavy atom. The average molecular weight is 1420 g/mol. The van der Waals surface area contributed by atoms with Crippen molar-refractivity contribution in [2.45, 2.75) is 490 Å². The standard InChI is InChI=1S/C93H172O8/c1-5-9-13-17-21-25-29-33-37-41-45-49-53-57-61-65-69-73-77-81-89(94)98-85-93(86-99-90(95)82-78-74-70-66-62-58-54-50-46-42-38-34-30-26-22-18-14-10-6-2,87-100-91(96)83-79-75-71-67-63-59-55-51-47-43-39-35-31-27-23-19-15-11-7-3)88-101-92(97)84-80-76-72-68-64-60-56-52-48-44-40-36-32-28-24-20-16-12-8-4/h33-40H,5-32,41-88H2,1-4H3/b37-33+,38-34+,39-35+,40-36+. The van der Waals surface area contributed by atoms with Crippen LogP contribution in [0.4, 0.5) is 0 Å². The second-order valence-electron chi connectivity index (χ2n) is 31.1. The molecule has 0 N–H and O–H groups in total. The van der Waals surface area contributed by atoms with Gasteiger partial charge in [-0.3, -0.25) is 19.2 Å². The molecule has 0 aliphatic rings. The fraction of sp³-hybridized carbons (Fsp3) is 0.871. The van der Waals surface area contributed by atoms with Crippen LogP contribution in [0.1, 0.15) is 490 Å². The quantitative estimate of drug-likeness (QED) is 0.0257. The van der Waals surface area contributed by atoms with E-state index in [2.05, 4.69) is 76.3 Å². The molecule has 8 nitrogen and oxygen atoms in total. The molecule has 0 aromatic rings. The van der Waals surface area contributed by atoms with Crippen molar-refractivity contribution in [3.63, 3.8) is 0 Å². The number of unbranched alkanes of at least 4 members (excludes halogenated alkanes) is 60. The van der Waals surface area contributed by atoms with Crippen molar-refractivity contribution >= 4 is 23.9 Å². The van der Waals surface area contributed by atoms with Crippen LogP contribution in [0.25, 0.3) is 0 Å². The summed E-state index contributed by atoms with van der Waals surface area (Å²) in [6.45, 7) is 8.43. The van der Waals surface area contributed by atoms with Gasteiger partial charge in [0, 0.05) is 25.7 Å². The fourth-order valence-corrected chi connectivity index (χ4v) is 13.7. The Morgan fingerprint density at radius 2 is 0.297 bits per heavy atom. The molecule has 592 valence electrons. The van der Waals surface area contributed by atoms with E-state index in [0.29, 0.717) is 0 Å². The van der Waals surface area contributed by atoms with E-state index in [1.807, 2.05) is 0 Å². The Morgan fingerprint density at radius 1 is 0.178 bits per heavy atom. The second-order valence-corrected chi connectivity index (χ2v) is 31.1. The predicted molar refractivity (Wildman–Crippen MR) is 438 cm³/mol. The summed E-state index contributed by atoms with van der Waals surface area (Å²) in [5.74, 6) is -1.32. The minimum absolute atomic E-state index is 0.170. The molecule has 0 saturated carbocycles. The van der Waals surface area contributed by atoms with Crippen LogP contribution in [0.15, 0.2) is 48.6 Å². The number of hydrogen-bond donors (Lipinski definition) is 0. The molecule has 0 unspecified atom stereocenters.